The zero-order chi connectivity index (χ0) is 18.2. The molecule has 25 heavy (non-hydrogen) atoms. The summed E-state index contributed by atoms with van der Waals surface area (Å²) in [7, 11) is 2.10. The van der Waals surface area contributed by atoms with Gasteiger partial charge < -0.3 is 14.7 Å². The minimum absolute atomic E-state index is 0.00809. The monoisotopic (exact) mass is 387 g/mol. The topological polar surface area (TPSA) is 76.4 Å². The Balaban J connectivity index is 1.66. The number of β-amino-alcohol motifs (C(OH)–C–C–N with tert-alkyl or cyclic N) is 1. The number of rotatable bonds is 7. The van der Waals surface area contributed by atoms with Crippen molar-refractivity contribution in [2.45, 2.75) is 6.10 Å². The molecule has 1 aromatic carbocycles. The maximum absolute atomic E-state index is 10.0. The zero-order valence-corrected chi connectivity index (χ0v) is 15.8. The van der Waals surface area contributed by atoms with E-state index in [0.29, 0.717) is 16.6 Å². The van der Waals surface area contributed by atoms with Gasteiger partial charge in [-0.05, 0) is 13.1 Å². The molecule has 0 saturated carbocycles. The van der Waals surface area contributed by atoms with Crippen molar-refractivity contribution >= 4 is 34.8 Å². The highest BCUT2D eigenvalue weighted by Crippen LogP contribution is 2.22. The first-order chi connectivity index (χ1) is 11.9. The van der Waals surface area contributed by atoms with E-state index in [1.165, 1.54) is 6.08 Å². The molecule has 0 spiro atoms. The van der Waals surface area contributed by atoms with Crippen LogP contribution in [0.15, 0.2) is 30.5 Å². The summed E-state index contributed by atoms with van der Waals surface area (Å²) in [6.07, 6.45) is 2.64. The Labute approximate surface area is 158 Å². The number of aliphatic hydroxyl groups is 1. The Hall–Kier alpha value is -1.15. The number of halogens is 2. The van der Waals surface area contributed by atoms with Crippen LogP contribution in [0.5, 0.6) is 0 Å². The lowest BCUT2D eigenvalue weighted by molar-refractivity contribution is -0.496. The van der Waals surface area contributed by atoms with Crippen LogP contribution in [0.2, 0.25) is 10.0 Å². The van der Waals surface area contributed by atoms with Gasteiger partial charge in [-0.2, -0.15) is 0 Å². The van der Waals surface area contributed by atoms with Gasteiger partial charge in [-0.3, -0.25) is 15.6 Å². The van der Waals surface area contributed by atoms with Gasteiger partial charge in [0.2, 0.25) is 5.90 Å². The minimum atomic E-state index is -0.601. The highest BCUT2D eigenvalue weighted by Gasteiger charge is 2.17. The van der Waals surface area contributed by atoms with E-state index >= 15 is 0 Å². The molecule has 1 fully saturated rings. The van der Waals surface area contributed by atoms with Crippen LogP contribution in [0, 0.1) is 5.41 Å². The Morgan fingerprint density at radius 3 is 2.72 bits per heavy atom. The summed E-state index contributed by atoms with van der Waals surface area (Å²) in [5.41, 5.74) is 0.883. The van der Waals surface area contributed by atoms with E-state index < -0.39 is 6.10 Å². The lowest BCUT2D eigenvalue weighted by atomic mass is 10.3. The highest BCUT2D eigenvalue weighted by molar-refractivity contribution is 6.42. The number of quaternary nitrogens is 1. The third-order valence-electron chi connectivity index (χ3n) is 3.98. The fraction of sp³-hybridized carbons (Fsp3) is 0.471. The molecule has 4 N–H and O–H groups in total. The molecule has 1 atom stereocenters. The molecular weight excluding hydrogens is 363 g/mol. The van der Waals surface area contributed by atoms with Crippen LogP contribution in [0.4, 0.5) is 5.69 Å². The van der Waals surface area contributed by atoms with Crippen LogP contribution in [0.3, 0.4) is 0 Å². The minimum Gasteiger partial charge on any atom is -0.475 e. The molecule has 1 aliphatic heterocycles. The van der Waals surface area contributed by atoms with Crippen molar-refractivity contribution in [2.75, 3.05) is 46.4 Å². The molecule has 1 heterocycles. The number of benzene rings is 1. The third-order valence-corrected chi connectivity index (χ3v) is 4.72. The lowest BCUT2D eigenvalue weighted by Gasteiger charge is -2.33. The van der Waals surface area contributed by atoms with E-state index in [9.17, 15) is 5.11 Å². The second kappa shape index (κ2) is 10.1. The average molecular weight is 388 g/mol. The zero-order valence-electron chi connectivity index (χ0n) is 14.3. The number of nitrogens with zero attached hydrogens (tertiary/aromatic N) is 2. The molecule has 138 valence electrons. The number of hydrogen-bond acceptors (Lipinski definition) is 5. The van der Waals surface area contributed by atoms with Crippen molar-refractivity contribution in [1.82, 2.24) is 9.80 Å². The average Bonchev–Trinajstić information content (AvgIpc) is 2.58. The van der Waals surface area contributed by atoms with E-state index in [2.05, 4.69) is 16.8 Å². The van der Waals surface area contributed by atoms with Crippen LogP contribution < -0.4 is 5.32 Å². The van der Waals surface area contributed by atoms with Crippen LogP contribution in [-0.2, 0) is 4.74 Å². The molecule has 0 aliphatic carbocycles. The van der Waals surface area contributed by atoms with Crippen molar-refractivity contribution in [3.63, 3.8) is 0 Å². The third kappa shape index (κ3) is 7.32. The fourth-order valence-corrected chi connectivity index (χ4v) is 2.78. The first-order valence-electron chi connectivity index (χ1n) is 8.21. The summed E-state index contributed by atoms with van der Waals surface area (Å²) in [6, 6.07) is 5.31. The van der Waals surface area contributed by atoms with E-state index in [1.54, 1.807) is 23.6 Å². The molecule has 0 aromatic heterocycles. The smallest absolute Gasteiger partial charge is 0.211 e. The lowest BCUT2D eigenvalue weighted by Crippen LogP contribution is -2.71. The van der Waals surface area contributed by atoms with Crippen LogP contribution >= 0.6 is 23.2 Å². The van der Waals surface area contributed by atoms with Crippen LogP contribution in [0.1, 0.15) is 0 Å². The molecule has 2 rings (SSSR count). The molecule has 1 unspecified atom stereocenters. The van der Waals surface area contributed by atoms with Crippen molar-refractivity contribution in [1.29, 1.82) is 5.41 Å². The number of hydrogen-bond donors (Lipinski definition) is 3. The Kier molecular flexibility index (Phi) is 8.15. The predicted octanol–water partition coefficient (Wildman–Crippen LogP) is 1.30. The van der Waals surface area contributed by atoms with Gasteiger partial charge in [-0.25, -0.2) is 0 Å². The first kappa shape index (κ1) is 20.2. The Morgan fingerprint density at radius 1 is 1.32 bits per heavy atom. The number of ether oxygens (including phenoxy) is 1. The SMILES string of the molecule is CN1CCN(CC(O)COC(=N)/C=C\[NH2+]c2ccc(Cl)c(Cl)c2)CC1. The van der Waals surface area contributed by atoms with Crippen LogP contribution in [0.25, 0.3) is 0 Å². The van der Waals surface area contributed by atoms with Gasteiger partial charge in [-0.1, -0.05) is 23.2 Å². The number of piperazine rings is 1. The molecule has 1 aliphatic rings. The summed E-state index contributed by atoms with van der Waals surface area (Å²) in [6.45, 7) is 4.60. The number of likely N-dealkylation sites (N-methyl/N-ethyl adjacent to an activating group) is 1. The van der Waals surface area contributed by atoms with Gasteiger partial charge >= 0.3 is 0 Å². The van der Waals surface area contributed by atoms with E-state index in [4.69, 9.17) is 33.3 Å². The summed E-state index contributed by atoms with van der Waals surface area (Å²) >= 11 is 11.8. The van der Waals surface area contributed by atoms with Gasteiger partial charge in [0.15, 0.2) is 0 Å². The maximum atomic E-state index is 10.0. The first-order valence-corrected chi connectivity index (χ1v) is 8.96. The maximum Gasteiger partial charge on any atom is 0.211 e. The molecule has 1 saturated heterocycles. The fourth-order valence-electron chi connectivity index (χ4n) is 2.48. The largest absolute Gasteiger partial charge is 0.475 e. The van der Waals surface area contributed by atoms with Gasteiger partial charge in [0, 0.05) is 44.9 Å². The van der Waals surface area contributed by atoms with E-state index in [0.717, 1.165) is 31.9 Å². The summed E-state index contributed by atoms with van der Waals surface area (Å²) < 4.78 is 5.29. The number of nitrogens with one attached hydrogen (secondary N) is 1. The van der Waals surface area contributed by atoms with Crippen LogP contribution in [-0.4, -0.2) is 73.3 Å². The molecule has 8 heteroatoms. The standard InChI is InChI=1S/C17H24Cl2N4O2/c1-22-6-8-23(9-7-22)11-14(24)12-25-17(20)4-5-21-13-2-3-15(18)16(19)10-13/h2-5,10,14,20-21,24H,6-9,11-12H2,1H3/p+1/b5-4-,20-17?. The van der Waals surface area contributed by atoms with Crippen molar-refractivity contribution in [3.8, 4) is 0 Å². The van der Waals surface area contributed by atoms with E-state index in [-0.39, 0.29) is 12.5 Å². The molecule has 0 bridgehead atoms. The second-order valence-electron chi connectivity index (χ2n) is 6.13. The molecular formula is C17H25Cl2N4O2+. The highest BCUT2D eigenvalue weighted by atomic mass is 35.5. The van der Waals surface area contributed by atoms with Crippen molar-refractivity contribution < 1.29 is 15.2 Å². The van der Waals surface area contributed by atoms with Crippen molar-refractivity contribution in [2.24, 2.45) is 0 Å². The molecule has 0 amide bonds. The summed E-state index contributed by atoms with van der Waals surface area (Å²) in [5, 5.41) is 20.6. The Morgan fingerprint density at radius 2 is 2.04 bits per heavy atom. The van der Waals surface area contributed by atoms with Gasteiger partial charge in [0.25, 0.3) is 0 Å². The van der Waals surface area contributed by atoms with E-state index in [1.807, 2.05) is 6.07 Å². The predicted molar refractivity (Wildman–Crippen MR) is 101 cm³/mol. The number of nitrogens with two attached hydrogens (primary N) is 1. The van der Waals surface area contributed by atoms with Gasteiger partial charge in [0.05, 0.1) is 16.1 Å². The van der Waals surface area contributed by atoms with Gasteiger partial charge in [0.1, 0.15) is 24.6 Å². The second-order valence-corrected chi connectivity index (χ2v) is 6.95. The summed E-state index contributed by atoms with van der Waals surface area (Å²) in [5.74, 6) is 0.00809. The Bertz CT molecular complexity index is 604. The van der Waals surface area contributed by atoms with Gasteiger partial charge in [-0.15, -0.1) is 0 Å². The van der Waals surface area contributed by atoms with Crippen molar-refractivity contribution in [3.05, 3.63) is 40.5 Å². The number of aliphatic hydroxyl groups excluding tert-OH is 1. The molecule has 1 aromatic rings. The quantitative estimate of drug-likeness (QED) is 0.374. The summed E-state index contributed by atoms with van der Waals surface area (Å²) in [4.78, 5) is 4.48. The normalized spacial score (nSPS) is 17.8. The molecule has 0 radical (unpaired) electrons. The molecule has 6 nitrogen and oxygen atoms in total.